The Morgan fingerprint density at radius 2 is 2.00 bits per heavy atom. The summed E-state index contributed by atoms with van der Waals surface area (Å²) in [4.78, 5) is 26.1. The minimum atomic E-state index is 0.195. The molecule has 0 bridgehead atoms. The van der Waals surface area contributed by atoms with Crippen LogP contribution in [0.3, 0.4) is 0 Å². The van der Waals surface area contributed by atoms with Crippen LogP contribution in [0.25, 0.3) is 10.9 Å². The van der Waals surface area contributed by atoms with E-state index in [1.807, 2.05) is 42.4 Å². The molecule has 150 valence electrons. The number of hydrogen-bond acceptors (Lipinski definition) is 4. The van der Waals surface area contributed by atoms with Crippen molar-refractivity contribution in [2.75, 3.05) is 24.5 Å². The number of anilines is 1. The zero-order valence-corrected chi connectivity index (χ0v) is 17.2. The van der Waals surface area contributed by atoms with Crippen molar-refractivity contribution in [1.82, 2.24) is 14.9 Å². The molecule has 3 aromatic rings. The number of rotatable bonds is 5. The third-order valence-corrected chi connectivity index (χ3v) is 5.74. The van der Waals surface area contributed by atoms with E-state index < -0.39 is 0 Å². The predicted octanol–water partition coefficient (Wildman–Crippen LogP) is 4.00. The van der Waals surface area contributed by atoms with E-state index in [0.717, 1.165) is 49.4 Å². The lowest BCUT2D eigenvalue weighted by molar-refractivity contribution is -0.133. The number of pyridine rings is 2. The Morgan fingerprint density at radius 1 is 1.10 bits per heavy atom. The maximum atomic E-state index is 12.8. The van der Waals surface area contributed by atoms with Gasteiger partial charge in [-0.15, -0.1) is 0 Å². The van der Waals surface area contributed by atoms with Crippen molar-refractivity contribution < 1.29 is 4.79 Å². The number of aromatic nitrogens is 2. The smallest absolute Gasteiger partial charge is 0.222 e. The molecular weight excluding hydrogens is 360 g/mol. The standard InChI is InChI=1S/C24H28N4O/c1-18-11-12-23(26-16-18)27-14-15-28(19(2)17-27)24(29)10-4-7-20-6-3-9-22-21(20)8-5-13-25-22/h3,5-6,8-9,11-13,16,19H,4,7,10,14-15,17H2,1-2H3. The van der Waals surface area contributed by atoms with Gasteiger partial charge in [-0.3, -0.25) is 9.78 Å². The molecule has 5 nitrogen and oxygen atoms in total. The van der Waals surface area contributed by atoms with E-state index in [2.05, 4.69) is 46.1 Å². The second-order valence-corrected chi connectivity index (χ2v) is 7.92. The summed E-state index contributed by atoms with van der Waals surface area (Å²) in [7, 11) is 0. The molecule has 3 heterocycles. The van der Waals surface area contributed by atoms with Gasteiger partial charge in [0.1, 0.15) is 5.82 Å². The van der Waals surface area contributed by atoms with Crippen molar-refractivity contribution in [3.05, 3.63) is 66.0 Å². The highest BCUT2D eigenvalue weighted by molar-refractivity contribution is 5.82. The van der Waals surface area contributed by atoms with Crippen LogP contribution in [0.15, 0.2) is 54.9 Å². The van der Waals surface area contributed by atoms with Crippen LogP contribution in [0.1, 0.15) is 30.9 Å². The molecule has 1 fully saturated rings. The summed E-state index contributed by atoms with van der Waals surface area (Å²) >= 11 is 0. The van der Waals surface area contributed by atoms with E-state index in [1.54, 1.807) is 0 Å². The first-order chi connectivity index (χ1) is 14.1. The minimum absolute atomic E-state index is 0.195. The Labute approximate surface area is 172 Å². The first-order valence-corrected chi connectivity index (χ1v) is 10.4. The van der Waals surface area contributed by atoms with Crippen molar-refractivity contribution in [2.45, 2.75) is 39.2 Å². The summed E-state index contributed by atoms with van der Waals surface area (Å²) in [5.41, 5.74) is 3.45. The number of fused-ring (bicyclic) bond motifs is 1. The lowest BCUT2D eigenvalue weighted by atomic mass is 10.0. The topological polar surface area (TPSA) is 49.3 Å². The Morgan fingerprint density at radius 3 is 2.79 bits per heavy atom. The number of nitrogens with zero attached hydrogens (tertiary/aromatic N) is 4. The molecule has 1 aliphatic heterocycles. The molecule has 0 spiro atoms. The highest BCUT2D eigenvalue weighted by Gasteiger charge is 2.27. The highest BCUT2D eigenvalue weighted by Crippen LogP contribution is 2.21. The lowest BCUT2D eigenvalue weighted by Crippen LogP contribution is -2.54. The SMILES string of the molecule is Cc1ccc(N2CCN(C(=O)CCCc3cccc4ncccc34)C(C)C2)nc1. The van der Waals surface area contributed by atoms with E-state index >= 15 is 0 Å². The Hall–Kier alpha value is -2.95. The Bertz CT molecular complexity index is 980. The van der Waals surface area contributed by atoms with Gasteiger partial charge in [0, 0.05) is 49.9 Å². The van der Waals surface area contributed by atoms with E-state index in [4.69, 9.17) is 0 Å². The number of carbonyl (C=O) groups excluding carboxylic acids is 1. The summed E-state index contributed by atoms with van der Waals surface area (Å²) in [6, 6.07) is 14.7. The van der Waals surface area contributed by atoms with Gasteiger partial charge in [-0.25, -0.2) is 4.98 Å². The van der Waals surface area contributed by atoms with Gasteiger partial charge in [0.2, 0.25) is 5.91 Å². The zero-order chi connectivity index (χ0) is 20.2. The van der Waals surface area contributed by atoms with E-state index in [-0.39, 0.29) is 11.9 Å². The number of amides is 1. The predicted molar refractivity (Wildman–Crippen MR) is 117 cm³/mol. The van der Waals surface area contributed by atoms with Gasteiger partial charge >= 0.3 is 0 Å². The molecule has 0 N–H and O–H groups in total. The van der Waals surface area contributed by atoms with Crippen LogP contribution < -0.4 is 4.90 Å². The van der Waals surface area contributed by atoms with Gasteiger partial charge in [0.15, 0.2) is 0 Å². The van der Waals surface area contributed by atoms with Crippen LogP contribution in [0, 0.1) is 6.92 Å². The Kier molecular flexibility index (Phi) is 5.74. The normalized spacial score (nSPS) is 17.0. The van der Waals surface area contributed by atoms with Crippen molar-refractivity contribution in [1.29, 1.82) is 0 Å². The van der Waals surface area contributed by atoms with E-state index in [1.165, 1.54) is 10.9 Å². The molecule has 1 aliphatic rings. The first kappa shape index (κ1) is 19.4. The molecule has 0 radical (unpaired) electrons. The van der Waals surface area contributed by atoms with Gasteiger partial charge in [0.05, 0.1) is 5.52 Å². The number of aryl methyl sites for hydroxylation is 2. The van der Waals surface area contributed by atoms with Gasteiger partial charge in [-0.1, -0.05) is 24.3 Å². The molecule has 1 saturated heterocycles. The summed E-state index contributed by atoms with van der Waals surface area (Å²) in [6.07, 6.45) is 6.07. The molecular formula is C24H28N4O. The summed E-state index contributed by atoms with van der Waals surface area (Å²) in [5.74, 6) is 1.26. The lowest BCUT2D eigenvalue weighted by Gasteiger charge is -2.40. The second kappa shape index (κ2) is 8.60. The average Bonchev–Trinajstić information content (AvgIpc) is 2.74. The van der Waals surface area contributed by atoms with Gasteiger partial charge in [0.25, 0.3) is 0 Å². The van der Waals surface area contributed by atoms with Gasteiger partial charge in [-0.05, 0) is 56.0 Å². The fraction of sp³-hybridized carbons (Fsp3) is 0.375. The summed E-state index contributed by atoms with van der Waals surface area (Å²) < 4.78 is 0. The van der Waals surface area contributed by atoms with Crippen LogP contribution in [-0.4, -0.2) is 46.5 Å². The van der Waals surface area contributed by atoms with Gasteiger partial charge < -0.3 is 9.80 Å². The average molecular weight is 389 g/mol. The van der Waals surface area contributed by atoms with E-state index in [0.29, 0.717) is 6.42 Å². The van der Waals surface area contributed by atoms with E-state index in [9.17, 15) is 4.79 Å². The van der Waals surface area contributed by atoms with Crippen LogP contribution in [0.4, 0.5) is 5.82 Å². The Balaban J connectivity index is 1.31. The molecule has 2 aromatic heterocycles. The zero-order valence-electron chi connectivity index (χ0n) is 17.2. The number of benzene rings is 1. The molecule has 4 rings (SSSR count). The fourth-order valence-corrected chi connectivity index (χ4v) is 4.14. The van der Waals surface area contributed by atoms with Crippen molar-refractivity contribution >= 4 is 22.6 Å². The summed E-state index contributed by atoms with van der Waals surface area (Å²) in [6.45, 7) is 6.60. The van der Waals surface area contributed by atoms with Crippen molar-refractivity contribution in [2.24, 2.45) is 0 Å². The molecule has 1 aromatic carbocycles. The van der Waals surface area contributed by atoms with Crippen LogP contribution in [0.2, 0.25) is 0 Å². The molecule has 5 heteroatoms. The minimum Gasteiger partial charge on any atom is -0.353 e. The maximum absolute atomic E-state index is 12.8. The van der Waals surface area contributed by atoms with Crippen LogP contribution >= 0.6 is 0 Å². The van der Waals surface area contributed by atoms with Crippen molar-refractivity contribution in [3.8, 4) is 0 Å². The van der Waals surface area contributed by atoms with Crippen molar-refractivity contribution in [3.63, 3.8) is 0 Å². The van der Waals surface area contributed by atoms with Crippen LogP contribution in [0.5, 0.6) is 0 Å². The number of hydrogen-bond donors (Lipinski definition) is 0. The third kappa shape index (κ3) is 4.39. The third-order valence-electron chi connectivity index (χ3n) is 5.74. The second-order valence-electron chi connectivity index (χ2n) is 7.92. The highest BCUT2D eigenvalue weighted by atomic mass is 16.2. The first-order valence-electron chi connectivity index (χ1n) is 10.4. The molecule has 0 aliphatic carbocycles. The fourth-order valence-electron chi connectivity index (χ4n) is 4.14. The largest absolute Gasteiger partial charge is 0.353 e. The molecule has 0 saturated carbocycles. The quantitative estimate of drug-likeness (QED) is 0.663. The summed E-state index contributed by atoms with van der Waals surface area (Å²) in [5, 5.41) is 1.19. The van der Waals surface area contributed by atoms with Crippen LogP contribution in [-0.2, 0) is 11.2 Å². The number of piperazine rings is 1. The molecule has 1 amide bonds. The maximum Gasteiger partial charge on any atom is 0.222 e. The molecule has 1 atom stereocenters. The van der Waals surface area contributed by atoms with Gasteiger partial charge in [-0.2, -0.15) is 0 Å². The number of carbonyl (C=O) groups is 1. The molecule has 1 unspecified atom stereocenters. The molecule has 29 heavy (non-hydrogen) atoms. The monoisotopic (exact) mass is 388 g/mol.